The van der Waals surface area contributed by atoms with Crippen LogP contribution in [0.15, 0.2) is 109 Å². The van der Waals surface area contributed by atoms with Gasteiger partial charge in [-0.25, -0.2) is 0 Å². The minimum absolute atomic E-state index is 0.0873. The Morgan fingerprint density at radius 2 is 1.12 bits per heavy atom. The van der Waals surface area contributed by atoms with Crippen molar-refractivity contribution in [3.8, 4) is 11.1 Å². The molecule has 5 aromatic carbocycles. The van der Waals surface area contributed by atoms with Gasteiger partial charge in [0.1, 0.15) is 0 Å². The van der Waals surface area contributed by atoms with Gasteiger partial charge in [0, 0.05) is 22.4 Å². The normalized spacial score (nSPS) is 18.3. The number of hydrogen-bond donors (Lipinski definition) is 0. The molecule has 2 heteroatoms. The molecule has 8 rings (SSSR count). The molecule has 0 amide bonds. The van der Waals surface area contributed by atoms with E-state index in [0.717, 1.165) is 0 Å². The van der Waals surface area contributed by atoms with Crippen molar-refractivity contribution in [1.29, 1.82) is 0 Å². The number of benzene rings is 5. The number of rotatable bonds is 2. The van der Waals surface area contributed by atoms with E-state index in [4.69, 9.17) is 0 Å². The van der Waals surface area contributed by atoms with E-state index in [1.165, 1.54) is 79.7 Å². The molecule has 0 atom stereocenters. The van der Waals surface area contributed by atoms with E-state index < -0.39 is 0 Å². The van der Waals surface area contributed by atoms with Crippen molar-refractivity contribution in [2.45, 2.75) is 70.6 Å². The molecule has 5 aromatic rings. The van der Waals surface area contributed by atoms with E-state index in [2.05, 4.69) is 156 Å². The molecule has 0 radical (unpaired) electrons. The average Bonchev–Trinajstić information content (AvgIpc) is 3.01. The Hall–Kier alpha value is -4.04. The van der Waals surface area contributed by atoms with Crippen molar-refractivity contribution in [1.82, 2.24) is 0 Å². The highest BCUT2D eigenvalue weighted by Crippen LogP contribution is 2.50. The smallest absolute Gasteiger partial charge is 0.247 e. The Morgan fingerprint density at radius 1 is 0.512 bits per heavy atom. The van der Waals surface area contributed by atoms with Gasteiger partial charge in [-0.2, -0.15) is 0 Å². The largest absolute Gasteiger partial charge is 0.311 e. The lowest BCUT2D eigenvalue weighted by Crippen LogP contribution is -2.64. The van der Waals surface area contributed by atoms with Gasteiger partial charge in [0.25, 0.3) is 0 Å². The molecule has 0 saturated carbocycles. The lowest BCUT2D eigenvalue weighted by atomic mass is 9.30. The second-order valence-corrected chi connectivity index (χ2v) is 14.8. The number of fused-ring (bicyclic) bond motifs is 5. The van der Waals surface area contributed by atoms with Gasteiger partial charge in [-0.3, -0.25) is 0 Å². The Balaban J connectivity index is 1.51. The molecule has 0 unspecified atom stereocenters. The van der Waals surface area contributed by atoms with Crippen molar-refractivity contribution in [2.75, 3.05) is 4.90 Å². The van der Waals surface area contributed by atoms with Gasteiger partial charge in [-0.15, -0.1) is 0 Å². The van der Waals surface area contributed by atoms with Gasteiger partial charge in [0.2, 0.25) is 6.71 Å². The molecule has 0 bridgehead atoms. The molecule has 43 heavy (non-hydrogen) atoms. The summed E-state index contributed by atoms with van der Waals surface area (Å²) in [5.41, 5.74) is 16.9. The maximum Gasteiger partial charge on any atom is 0.247 e. The third-order valence-electron chi connectivity index (χ3n) is 11.0. The Kier molecular flexibility index (Phi) is 5.56. The minimum Gasteiger partial charge on any atom is -0.311 e. The van der Waals surface area contributed by atoms with Gasteiger partial charge < -0.3 is 4.90 Å². The molecule has 3 aliphatic rings. The number of nitrogens with zero attached hydrogens (tertiary/aromatic N) is 1. The number of anilines is 3. The van der Waals surface area contributed by atoms with Crippen LogP contribution in [-0.2, 0) is 16.2 Å². The van der Waals surface area contributed by atoms with E-state index in [1.54, 1.807) is 0 Å². The first kappa shape index (κ1) is 26.6. The first-order chi connectivity index (χ1) is 20.6. The van der Waals surface area contributed by atoms with E-state index in [9.17, 15) is 0 Å². The number of para-hydroxylation sites is 1. The summed E-state index contributed by atoms with van der Waals surface area (Å²) in [5, 5.41) is 0. The summed E-state index contributed by atoms with van der Waals surface area (Å²) in [7, 11) is 0. The predicted octanol–water partition coefficient (Wildman–Crippen LogP) is 8.64. The maximum atomic E-state index is 2.63. The minimum atomic E-state index is -0.0873. The van der Waals surface area contributed by atoms with Gasteiger partial charge in [0.15, 0.2) is 0 Å². The van der Waals surface area contributed by atoms with Crippen molar-refractivity contribution in [2.24, 2.45) is 0 Å². The van der Waals surface area contributed by atoms with Gasteiger partial charge in [-0.05, 0) is 80.6 Å². The molecular weight excluding hydrogens is 517 g/mol. The van der Waals surface area contributed by atoms with E-state index in [1.807, 2.05) is 0 Å². The second-order valence-electron chi connectivity index (χ2n) is 14.8. The summed E-state index contributed by atoms with van der Waals surface area (Å²) in [5.74, 6) is 0. The summed E-state index contributed by atoms with van der Waals surface area (Å²) < 4.78 is 0. The van der Waals surface area contributed by atoms with Crippen LogP contribution in [0.3, 0.4) is 0 Å². The van der Waals surface area contributed by atoms with Crippen LogP contribution in [0.25, 0.3) is 11.1 Å². The summed E-state index contributed by atoms with van der Waals surface area (Å²) in [6, 6.07) is 41.4. The highest BCUT2D eigenvalue weighted by molar-refractivity contribution is 6.99. The zero-order valence-corrected chi connectivity index (χ0v) is 26.3. The Morgan fingerprint density at radius 3 is 1.88 bits per heavy atom. The Labute approximate surface area is 257 Å². The van der Waals surface area contributed by atoms with E-state index in [0.29, 0.717) is 0 Å². The fourth-order valence-corrected chi connectivity index (χ4v) is 8.50. The number of hydrogen-bond acceptors (Lipinski definition) is 1. The van der Waals surface area contributed by atoms with Crippen LogP contribution in [0.2, 0.25) is 0 Å². The van der Waals surface area contributed by atoms with Gasteiger partial charge >= 0.3 is 0 Å². The molecule has 0 fully saturated rings. The van der Waals surface area contributed by atoms with Gasteiger partial charge in [-0.1, -0.05) is 138 Å². The zero-order valence-electron chi connectivity index (χ0n) is 26.3. The molecule has 0 aromatic heterocycles. The third-order valence-corrected chi connectivity index (χ3v) is 11.0. The Bertz CT molecular complexity index is 1910. The molecule has 2 aliphatic heterocycles. The van der Waals surface area contributed by atoms with Crippen LogP contribution in [0.1, 0.15) is 76.6 Å². The van der Waals surface area contributed by atoms with E-state index >= 15 is 0 Å². The lowest BCUT2D eigenvalue weighted by Gasteiger charge is -2.48. The molecule has 0 N–H and O–H groups in total. The molecule has 1 aliphatic carbocycles. The molecule has 1 nitrogen and oxygen atoms in total. The average molecular weight is 558 g/mol. The van der Waals surface area contributed by atoms with Crippen molar-refractivity contribution in [3.63, 3.8) is 0 Å². The lowest BCUT2D eigenvalue weighted by molar-refractivity contribution is 0.332. The quantitative estimate of drug-likeness (QED) is 0.193. The molecular formula is C41H40BN. The summed E-state index contributed by atoms with van der Waals surface area (Å²) in [6.45, 7) is 14.8. The van der Waals surface area contributed by atoms with Crippen LogP contribution in [0, 0.1) is 0 Å². The van der Waals surface area contributed by atoms with Crippen molar-refractivity contribution < 1.29 is 0 Å². The third kappa shape index (κ3) is 3.72. The highest BCUT2D eigenvalue weighted by atomic mass is 15.2. The van der Waals surface area contributed by atoms with Crippen LogP contribution in [0.4, 0.5) is 17.1 Å². The standard InChI is InChI=1S/C41H40BN/c1-39(2)23-24-40(3,4)32-26-37-34(25-31(32)39)42-33-20-12-11-18-29(33)41(5,6)30-19-14-22-36(38(30)42)43(37)35-21-13-10-17-28(35)27-15-8-7-9-16-27/h7-22,25-26H,23-24H2,1-6H3. The maximum absolute atomic E-state index is 2.63. The van der Waals surface area contributed by atoms with Gasteiger partial charge in [0.05, 0.1) is 5.69 Å². The fraction of sp³-hybridized carbons (Fsp3) is 0.268. The topological polar surface area (TPSA) is 3.24 Å². The van der Waals surface area contributed by atoms with Crippen LogP contribution in [-0.4, -0.2) is 6.71 Å². The van der Waals surface area contributed by atoms with Crippen LogP contribution >= 0.6 is 0 Å². The summed E-state index contributed by atoms with van der Waals surface area (Å²) in [6.07, 6.45) is 2.41. The first-order valence-electron chi connectivity index (χ1n) is 16.0. The molecule has 0 saturated heterocycles. The summed E-state index contributed by atoms with van der Waals surface area (Å²) >= 11 is 0. The first-order valence-corrected chi connectivity index (χ1v) is 16.0. The molecule has 2 heterocycles. The van der Waals surface area contributed by atoms with Crippen molar-refractivity contribution >= 4 is 40.2 Å². The SMILES string of the molecule is CC1(C)CCC(C)(C)c2cc3c(cc21)B1c2ccccc2C(C)(C)c2cccc(c21)N3c1ccccc1-c1ccccc1. The van der Waals surface area contributed by atoms with Crippen LogP contribution < -0.4 is 21.3 Å². The van der Waals surface area contributed by atoms with Crippen LogP contribution in [0.5, 0.6) is 0 Å². The molecule has 212 valence electrons. The highest BCUT2D eigenvalue weighted by Gasteiger charge is 2.47. The van der Waals surface area contributed by atoms with Crippen molar-refractivity contribution in [3.05, 3.63) is 131 Å². The van der Waals surface area contributed by atoms with E-state index in [-0.39, 0.29) is 23.0 Å². The molecule has 0 spiro atoms. The predicted molar refractivity (Wildman–Crippen MR) is 185 cm³/mol. The second kappa shape index (κ2) is 8.99. The zero-order chi connectivity index (χ0) is 29.7. The fourth-order valence-electron chi connectivity index (χ4n) is 8.50. The monoisotopic (exact) mass is 557 g/mol. The summed E-state index contributed by atoms with van der Waals surface area (Å²) in [4.78, 5) is 2.61.